The van der Waals surface area contributed by atoms with Crippen molar-refractivity contribution in [3.63, 3.8) is 0 Å². The van der Waals surface area contributed by atoms with E-state index in [9.17, 15) is 59.3 Å². The van der Waals surface area contributed by atoms with Crippen LogP contribution in [0.5, 0.6) is 0 Å². The maximum absolute atomic E-state index is 12.8. The van der Waals surface area contributed by atoms with Crippen LogP contribution in [0.15, 0.2) is 72.8 Å². The van der Waals surface area contributed by atoms with Gasteiger partial charge in [-0.15, -0.1) is 0 Å². The quantitative estimate of drug-likeness (QED) is 0.0282. The van der Waals surface area contributed by atoms with Crippen molar-refractivity contribution in [3.8, 4) is 0 Å². The molecular formula is C37H46N4O13. The third-order valence-corrected chi connectivity index (χ3v) is 7.93. The first kappa shape index (κ1) is 44.3. The Morgan fingerprint density at radius 1 is 0.685 bits per heavy atom. The lowest BCUT2D eigenvalue weighted by molar-refractivity contribution is -0.165. The van der Waals surface area contributed by atoms with Gasteiger partial charge in [0.05, 0.1) is 20.0 Å². The molecule has 4 amide bonds. The van der Waals surface area contributed by atoms with Crippen LogP contribution >= 0.6 is 0 Å². The molecule has 7 N–H and O–H groups in total. The van der Waals surface area contributed by atoms with Gasteiger partial charge in [-0.2, -0.15) is 0 Å². The highest BCUT2D eigenvalue weighted by atomic mass is 16.5. The lowest BCUT2D eigenvalue weighted by Gasteiger charge is -2.25. The minimum Gasteiger partial charge on any atom is -0.480 e. The fourth-order valence-electron chi connectivity index (χ4n) is 4.96. The molecule has 0 unspecified atom stereocenters. The minimum absolute atomic E-state index is 0.0564. The van der Waals surface area contributed by atoms with Crippen LogP contribution in [-0.2, 0) is 38.3 Å². The molecule has 0 bridgehead atoms. The molecule has 0 aliphatic rings. The number of nitrogens with one attached hydrogen (secondary N) is 2. The topological polar surface area (TPSA) is 260 Å². The molecule has 17 heteroatoms. The number of carboxylic acids is 2. The molecule has 0 fully saturated rings. The normalized spacial score (nSPS) is 13.3. The van der Waals surface area contributed by atoms with E-state index in [4.69, 9.17) is 4.74 Å². The molecular weight excluding hydrogens is 708 g/mol. The summed E-state index contributed by atoms with van der Waals surface area (Å²) in [5, 5.41) is 55.3. The lowest BCUT2D eigenvalue weighted by atomic mass is 9.94. The number of rotatable bonds is 23. The fourth-order valence-corrected chi connectivity index (χ4v) is 4.96. The highest BCUT2D eigenvalue weighted by Crippen LogP contribution is 2.18. The van der Waals surface area contributed by atoms with Crippen LogP contribution in [-0.4, -0.2) is 115 Å². The zero-order valence-corrected chi connectivity index (χ0v) is 29.7. The van der Waals surface area contributed by atoms with Gasteiger partial charge in [0.2, 0.25) is 11.8 Å². The van der Waals surface area contributed by atoms with Crippen LogP contribution < -0.4 is 10.6 Å². The maximum Gasteiger partial charge on any atom is 0.336 e. The van der Waals surface area contributed by atoms with E-state index in [1.807, 2.05) is 6.07 Å². The number of hydrogen-bond acceptors (Lipinski definition) is 11. The van der Waals surface area contributed by atoms with Crippen LogP contribution in [0, 0.1) is 0 Å². The number of unbranched alkanes of at least 4 members (excludes halogenated alkanes) is 2. The number of hydroxylamine groups is 4. The van der Waals surface area contributed by atoms with Crippen molar-refractivity contribution >= 4 is 53.7 Å². The molecule has 292 valence electrons. The zero-order chi connectivity index (χ0) is 40.1. The average Bonchev–Trinajstić information content (AvgIpc) is 3.15. The van der Waals surface area contributed by atoms with Crippen LogP contribution in [0.25, 0.3) is 12.2 Å². The van der Waals surface area contributed by atoms with E-state index < -0.39 is 72.1 Å². The number of hydrogen-bond donors (Lipinski definition) is 7. The largest absolute Gasteiger partial charge is 0.480 e. The number of aliphatic carboxylic acids is 2. The predicted molar refractivity (Wildman–Crippen MR) is 191 cm³/mol. The molecule has 0 heterocycles. The summed E-state index contributed by atoms with van der Waals surface area (Å²) in [6, 6.07) is 14.9. The van der Waals surface area contributed by atoms with Crippen molar-refractivity contribution in [3.05, 3.63) is 83.9 Å². The number of esters is 1. The summed E-state index contributed by atoms with van der Waals surface area (Å²) in [5.41, 5.74) is -1.51. The Hall–Kier alpha value is -5.91. The molecule has 0 aliphatic heterocycles. The van der Waals surface area contributed by atoms with Crippen molar-refractivity contribution in [2.45, 2.75) is 69.1 Å². The Kier molecular flexibility index (Phi) is 18.8. The Morgan fingerprint density at radius 3 is 1.48 bits per heavy atom. The number of benzene rings is 2. The molecule has 2 rings (SSSR count). The van der Waals surface area contributed by atoms with Crippen molar-refractivity contribution in [1.82, 2.24) is 20.8 Å². The molecule has 17 nitrogen and oxygen atoms in total. The summed E-state index contributed by atoms with van der Waals surface area (Å²) in [6.45, 7) is -0.262. The van der Waals surface area contributed by atoms with E-state index in [1.54, 1.807) is 54.6 Å². The zero-order valence-electron chi connectivity index (χ0n) is 29.7. The third kappa shape index (κ3) is 16.2. The number of carbonyl (C=O) groups is 7. The van der Waals surface area contributed by atoms with Crippen LogP contribution in [0.4, 0.5) is 0 Å². The fraction of sp³-hybridized carbons (Fsp3) is 0.378. The predicted octanol–water partition coefficient (Wildman–Crippen LogP) is 2.01. The van der Waals surface area contributed by atoms with E-state index in [-0.39, 0.29) is 51.6 Å². The number of carboxylic acid groups (broad SMARTS) is 2. The molecule has 0 saturated heterocycles. The van der Waals surface area contributed by atoms with Gasteiger partial charge in [0.1, 0.15) is 12.1 Å². The average molecular weight is 755 g/mol. The monoisotopic (exact) mass is 754 g/mol. The molecule has 2 aromatic carbocycles. The highest BCUT2D eigenvalue weighted by Gasteiger charge is 2.42. The highest BCUT2D eigenvalue weighted by molar-refractivity contribution is 5.94. The summed E-state index contributed by atoms with van der Waals surface area (Å²) in [6.07, 6.45) is 3.38. The first-order valence-electron chi connectivity index (χ1n) is 17.0. The van der Waals surface area contributed by atoms with Gasteiger partial charge >= 0.3 is 17.9 Å². The Labute approximate surface area is 311 Å². The summed E-state index contributed by atoms with van der Waals surface area (Å²) < 4.78 is 4.69. The minimum atomic E-state index is -2.99. The van der Waals surface area contributed by atoms with Gasteiger partial charge < -0.3 is 30.7 Å². The number of nitrogens with zero attached hydrogens (tertiary/aromatic N) is 2. The summed E-state index contributed by atoms with van der Waals surface area (Å²) in [4.78, 5) is 85.8. The smallest absolute Gasteiger partial charge is 0.336 e. The second kappa shape index (κ2) is 22.9. The van der Waals surface area contributed by atoms with Gasteiger partial charge in [-0.3, -0.25) is 29.6 Å². The van der Waals surface area contributed by atoms with Crippen molar-refractivity contribution < 1.29 is 64.0 Å². The van der Waals surface area contributed by atoms with E-state index in [0.29, 0.717) is 10.1 Å². The number of amides is 4. The van der Waals surface area contributed by atoms with Crippen molar-refractivity contribution in [1.29, 1.82) is 0 Å². The van der Waals surface area contributed by atoms with E-state index in [0.717, 1.165) is 18.2 Å². The molecule has 0 aromatic heterocycles. The third-order valence-electron chi connectivity index (χ3n) is 7.93. The van der Waals surface area contributed by atoms with Crippen molar-refractivity contribution in [2.75, 3.05) is 20.2 Å². The molecule has 3 atom stereocenters. The molecule has 54 heavy (non-hydrogen) atoms. The molecule has 2 aromatic rings. The molecule has 0 aliphatic carbocycles. The summed E-state index contributed by atoms with van der Waals surface area (Å²) in [7, 11) is 1.05. The maximum atomic E-state index is 12.8. The lowest BCUT2D eigenvalue weighted by Crippen LogP contribution is -2.51. The first-order chi connectivity index (χ1) is 25.6. The summed E-state index contributed by atoms with van der Waals surface area (Å²) in [5.74, 6) is -8.05. The molecule has 0 saturated carbocycles. The van der Waals surface area contributed by atoms with E-state index in [1.165, 1.54) is 24.3 Å². The second-order valence-electron chi connectivity index (χ2n) is 12.2. The van der Waals surface area contributed by atoms with E-state index >= 15 is 0 Å². The Morgan fingerprint density at radius 2 is 1.09 bits per heavy atom. The van der Waals surface area contributed by atoms with E-state index in [2.05, 4.69) is 10.6 Å². The summed E-state index contributed by atoms with van der Waals surface area (Å²) >= 11 is 0. The van der Waals surface area contributed by atoms with Gasteiger partial charge in [0, 0.05) is 25.2 Å². The second-order valence-corrected chi connectivity index (χ2v) is 12.2. The Bertz CT molecular complexity index is 1630. The van der Waals surface area contributed by atoms with Crippen molar-refractivity contribution in [2.24, 2.45) is 0 Å². The SMILES string of the molecule is COC(=O)[C@H](CCCCN(O)C(=O)/C=C/c1ccccc1)NC(=O)C[C@](O)(CC(=O)N[C@@H](CCCCN(O)C(=O)/C=C/c1ccccc1)C(=O)O)C(=O)O. The number of carbonyl (C=O) groups excluding carboxylic acids is 5. The van der Waals surface area contributed by atoms with Gasteiger partial charge in [0.25, 0.3) is 11.8 Å². The number of aliphatic hydroxyl groups is 1. The molecule has 0 spiro atoms. The van der Waals surface area contributed by atoms with Gasteiger partial charge in [-0.25, -0.2) is 24.5 Å². The Balaban J connectivity index is 1.85. The van der Waals surface area contributed by atoms with Gasteiger partial charge in [-0.05, 0) is 61.8 Å². The first-order valence-corrected chi connectivity index (χ1v) is 17.0. The number of methoxy groups -OCH3 is 1. The van der Waals surface area contributed by atoms with Gasteiger partial charge in [-0.1, -0.05) is 60.7 Å². The van der Waals surface area contributed by atoms with Crippen LogP contribution in [0.1, 0.15) is 62.5 Å². The number of ether oxygens (including phenoxy) is 1. The van der Waals surface area contributed by atoms with Gasteiger partial charge in [0.15, 0.2) is 5.60 Å². The van der Waals surface area contributed by atoms with Crippen LogP contribution in [0.2, 0.25) is 0 Å². The standard InChI is InChI=1S/C37H46N4O13/c1-54-35(48)29(17-9-11-23-41(53)33(45)21-19-27-14-6-3-7-15-27)39-31(43)25-37(51,36(49)50)24-30(42)38-28(34(46)47)16-8-10-22-40(52)32(44)20-18-26-12-4-2-5-13-26/h2-7,12-15,18-21,28-29,51-53H,8-11,16-17,22-25H2,1H3,(H,38,42)(H,39,43)(H,46,47)(H,49,50)/b20-18+,21-19+/t28-,29-,37+/m0/s1. The van der Waals surface area contributed by atoms with Crippen LogP contribution in [0.3, 0.4) is 0 Å². The molecule has 0 radical (unpaired) electrons.